The number of amides is 1. The SMILES string of the molecule is CN(C)CC(NC(=O)c1ccc2c(c1)CCNCC2)c1ccccc1.Cl.Cl. The molecule has 2 aromatic rings. The van der Waals surface area contributed by atoms with Crippen molar-refractivity contribution in [3.63, 3.8) is 0 Å². The predicted octanol–water partition coefficient (Wildman–Crippen LogP) is 3.25. The molecule has 0 aliphatic carbocycles. The molecule has 4 nitrogen and oxygen atoms in total. The lowest BCUT2D eigenvalue weighted by Crippen LogP contribution is -2.35. The molecule has 0 aromatic heterocycles. The largest absolute Gasteiger partial charge is 0.344 e. The van der Waals surface area contributed by atoms with Gasteiger partial charge < -0.3 is 15.5 Å². The van der Waals surface area contributed by atoms with Gasteiger partial charge in [-0.2, -0.15) is 0 Å². The lowest BCUT2D eigenvalue weighted by Gasteiger charge is -2.23. The first-order chi connectivity index (χ1) is 12.1. The van der Waals surface area contributed by atoms with Gasteiger partial charge in [-0.25, -0.2) is 0 Å². The van der Waals surface area contributed by atoms with E-state index in [0.29, 0.717) is 0 Å². The van der Waals surface area contributed by atoms with Crippen LogP contribution in [-0.4, -0.2) is 44.5 Å². The van der Waals surface area contributed by atoms with E-state index in [2.05, 4.69) is 39.8 Å². The number of halogens is 2. The van der Waals surface area contributed by atoms with Gasteiger partial charge in [0.05, 0.1) is 6.04 Å². The van der Waals surface area contributed by atoms with Crippen LogP contribution in [0.3, 0.4) is 0 Å². The lowest BCUT2D eigenvalue weighted by molar-refractivity contribution is 0.0930. The van der Waals surface area contributed by atoms with Gasteiger partial charge in [0.15, 0.2) is 0 Å². The molecular weight excluding hydrogens is 381 g/mol. The van der Waals surface area contributed by atoms with Crippen molar-refractivity contribution in [2.24, 2.45) is 0 Å². The molecule has 2 N–H and O–H groups in total. The molecule has 3 rings (SSSR count). The highest BCUT2D eigenvalue weighted by Crippen LogP contribution is 2.18. The van der Waals surface area contributed by atoms with Gasteiger partial charge in [-0.1, -0.05) is 36.4 Å². The molecule has 1 aliphatic heterocycles. The minimum Gasteiger partial charge on any atom is -0.344 e. The van der Waals surface area contributed by atoms with E-state index in [4.69, 9.17) is 0 Å². The molecule has 0 bridgehead atoms. The molecule has 0 radical (unpaired) electrons. The second kappa shape index (κ2) is 11.3. The van der Waals surface area contributed by atoms with Gasteiger partial charge in [0, 0.05) is 12.1 Å². The summed E-state index contributed by atoms with van der Waals surface area (Å²) < 4.78 is 0. The van der Waals surface area contributed by atoms with Crippen molar-refractivity contribution in [3.8, 4) is 0 Å². The number of likely N-dealkylation sites (N-methyl/N-ethyl adjacent to an activating group) is 1. The van der Waals surface area contributed by atoms with Crippen molar-refractivity contribution in [1.29, 1.82) is 0 Å². The van der Waals surface area contributed by atoms with E-state index in [9.17, 15) is 4.79 Å². The first-order valence-electron chi connectivity index (χ1n) is 8.96. The number of nitrogens with one attached hydrogen (secondary N) is 2. The predicted molar refractivity (Wildman–Crippen MR) is 116 cm³/mol. The summed E-state index contributed by atoms with van der Waals surface area (Å²) in [6.45, 7) is 2.76. The number of rotatable bonds is 5. The van der Waals surface area contributed by atoms with E-state index in [1.54, 1.807) is 0 Å². The summed E-state index contributed by atoms with van der Waals surface area (Å²) in [5.74, 6) is -0.00397. The number of hydrogen-bond donors (Lipinski definition) is 2. The summed E-state index contributed by atoms with van der Waals surface area (Å²) in [5, 5.41) is 6.62. The van der Waals surface area contributed by atoms with E-state index in [-0.39, 0.29) is 36.8 Å². The van der Waals surface area contributed by atoms with Crippen LogP contribution >= 0.6 is 24.8 Å². The van der Waals surface area contributed by atoms with E-state index < -0.39 is 0 Å². The van der Waals surface area contributed by atoms with E-state index in [0.717, 1.165) is 43.6 Å². The molecule has 6 heteroatoms. The zero-order valence-corrected chi connectivity index (χ0v) is 17.5. The van der Waals surface area contributed by atoms with Crippen molar-refractivity contribution in [3.05, 3.63) is 70.8 Å². The normalized spacial score (nSPS) is 14.2. The Morgan fingerprint density at radius 2 is 1.70 bits per heavy atom. The molecule has 1 aliphatic rings. The highest BCUT2D eigenvalue weighted by molar-refractivity contribution is 5.94. The van der Waals surface area contributed by atoms with Crippen LogP contribution in [0.15, 0.2) is 48.5 Å². The Kier molecular flexibility index (Phi) is 9.81. The summed E-state index contributed by atoms with van der Waals surface area (Å²) in [4.78, 5) is 14.9. The highest BCUT2D eigenvalue weighted by atomic mass is 35.5. The maximum Gasteiger partial charge on any atom is 0.251 e. The summed E-state index contributed by atoms with van der Waals surface area (Å²) >= 11 is 0. The Morgan fingerprint density at radius 1 is 1.04 bits per heavy atom. The smallest absolute Gasteiger partial charge is 0.251 e. The number of hydrogen-bond acceptors (Lipinski definition) is 3. The van der Waals surface area contributed by atoms with Crippen LogP contribution in [0.1, 0.15) is 33.1 Å². The molecule has 1 amide bonds. The van der Waals surface area contributed by atoms with E-state index >= 15 is 0 Å². The average molecular weight is 410 g/mol. The van der Waals surface area contributed by atoms with Gasteiger partial charge in [0.25, 0.3) is 5.91 Å². The first-order valence-corrected chi connectivity index (χ1v) is 8.96. The second-order valence-electron chi connectivity index (χ2n) is 6.93. The molecule has 148 valence electrons. The number of benzene rings is 2. The Labute approximate surface area is 174 Å². The zero-order valence-electron chi connectivity index (χ0n) is 15.9. The van der Waals surface area contributed by atoms with Crippen LogP contribution < -0.4 is 10.6 Å². The fourth-order valence-corrected chi connectivity index (χ4v) is 3.34. The zero-order chi connectivity index (χ0) is 17.6. The monoisotopic (exact) mass is 409 g/mol. The maximum atomic E-state index is 12.8. The van der Waals surface area contributed by atoms with Crippen LogP contribution in [0.4, 0.5) is 0 Å². The standard InChI is InChI=1S/C21H27N3O.2ClH/c1-24(2)15-20(17-6-4-3-5-7-17)23-21(25)19-9-8-16-10-12-22-13-11-18(16)14-19;;/h3-9,14,20,22H,10-13,15H2,1-2H3,(H,23,25);2*1H. The summed E-state index contributed by atoms with van der Waals surface area (Å²) in [5.41, 5.74) is 4.53. The van der Waals surface area contributed by atoms with Gasteiger partial charge in [-0.3, -0.25) is 4.79 Å². The molecule has 1 atom stereocenters. The molecule has 0 saturated carbocycles. The van der Waals surface area contributed by atoms with Gasteiger partial charge in [0.2, 0.25) is 0 Å². The van der Waals surface area contributed by atoms with Crippen molar-refractivity contribution >= 4 is 30.7 Å². The van der Waals surface area contributed by atoms with Crippen LogP contribution in [0.2, 0.25) is 0 Å². The van der Waals surface area contributed by atoms with Gasteiger partial charge in [-0.05, 0) is 68.8 Å². The first kappa shape index (κ1) is 23.4. The van der Waals surface area contributed by atoms with Crippen LogP contribution in [0, 0.1) is 0 Å². The number of carbonyl (C=O) groups is 1. The van der Waals surface area contributed by atoms with E-state index in [1.807, 2.05) is 38.4 Å². The fourth-order valence-electron chi connectivity index (χ4n) is 3.34. The Hall–Kier alpha value is -1.59. The summed E-state index contributed by atoms with van der Waals surface area (Å²) in [6, 6.07) is 16.3. The second-order valence-corrected chi connectivity index (χ2v) is 6.93. The highest BCUT2D eigenvalue weighted by Gasteiger charge is 2.18. The third-order valence-corrected chi connectivity index (χ3v) is 4.67. The third kappa shape index (κ3) is 6.51. The quantitative estimate of drug-likeness (QED) is 0.796. The number of carbonyl (C=O) groups excluding carboxylic acids is 1. The number of nitrogens with zero attached hydrogens (tertiary/aromatic N) is 1. The Morgan fingerprint density at radius 3 is 2.37 bits per heavy atom. The molecule has 0 spiro atoms. The Balaban J connectivity index is 0.00000182. The number of fused-ring (bicyclic) bond motifs is 1. The third-order valence-electron chi connectivity index (χ3n) is 4.67. The molecule has 0 fully saturated rings. The molecule has 2 aromatic carbocycles. The van der Waals surface area contributed by atoms with Crippen molar-refractivity contribution in [2.75, 3.05) is 33.7 Å². The van der Waals surface area contributed by atoms with Gasteiger partial charge in [0.1, 0.15) is 0 Å². The van der Waals surface area contributed by atoms with Gasteiger partial charge >= 0.3 is 0 Å². The molecule has 1 unspecified atom stereocenters. The molecule has 27 heavy (non-hydrogen) atoms. The average Bonchev–Trinajstić information content (AvgIpc) is 2.86. The van der Waals surface area contributed by atoms with Gasteiger partial charge in [-0.15, -0.1) is 24.8 Å². The minimum absolute atomic E-state index is 0. The van der Waals surface area contributed by atoms with Crippen molar-refractivity contribution < 1.29 is 4.79 Å². The van der Waals surface area contributed by atoms with Crippen LogP contribution in [-0.2, 0) is 12.8 Å². The van der Waals surface area contributed by atoms with Crippen molar-refractivity contribution in [2.45, 2.75) is 18.9 Å². The summed E-state index contributed by atoms with van der Waals surface area (Å²) in [6.07, 6.45) is 2.01. The maximum absolute atomic E-state index is 12.8. The summed E-state index contributed by atoms with van der Waals surface area (Å²) in [7, 11) is 4.05. The molecule has 1 heterocycles. The molecular formula is C21H29Cl2N3O. The lowest BCUT2D eigenvalue weighted by atomic mass is 9.99. The van der Waals surface area contributed by atoms with Crippen LogP contribution in [0.25, 0.3) is 0 Å². The fraction of sp³-hybridized carbons (Fsp3) is 0.381. The Bertz CT molecular complexity index is 723. The van der Waals surface area contributed by atoms with Crippen LogP contribution in [0.5, 0.6) is 0 Å². The van der Waals surface area contributed by atoms with E-state index in [1.165, 1.54) is 11.1 Å². The van der Waals surface area contributed by atoms with Crippen molar-refractivity contribution in [1.82, 2.24) is 15.5 Å². The molecule has 0 saturated heterocycles. The minimum atomic E-state index is -0.0239. The topological polar surface area (TPSA) is 44.4 Å².